The Morgan fingerprint density at radius 3 is 2.72 bits per heavy atom. The zero-order valence-corrected chi connectivity index (χ0v) is 14.5. The number of fused-ring (bicyclic) bond motifs is 1. The van der Waals surface area contributed by atoms with Crippen molar-refractivity contribution in [3.05, 3.63) is 29.3 Å². The highest BCUT2D eigenvalue weighted by Gasteiger charge is 2.23. The summed E-state index contributed by atoms with van der Waals surface area (Å²) in [4.78, 5) is 35.9. The zero-order chi connectivity index (χ0) is 17.8. The van der Waals surface area contributed by atoms with Crippen LogP contribution >= 0.6 is 0 Å². The van der Waals surface area contributed by atoms with Crippen molar-refractivity contribution < 1.29 is 19.1 Å². The SMILES string of the molecule is CC(OC(=O)c1ccc2c(c1)CCC(=O)N2)C(=O)NC1CCCCC1. The lowest BCUT2D eigenvalue weighted by Gasteiger charge is -2.24. The smallest absolute Gasteiger partial charge is 0.338 e. The van der Waals surface area contributed by atoms with Crippen LogP contribution in [0, 0.1) is 0 Å². The van der Waals surface area contributed by atoms with Gasteiger partial charge < -0.3 is 15.4 Å². The molecule has 1 aliphatic heterocycles. The lowest BCUT2D eigenvalue weighted by atomic mass is 9.95. The van der Waals surface area contributed by atoms with Gasteiger partial charge in [-0.3, -0.25) is 9.59 Å². The summed E-state index contributed by atoms with van der Waals surface area (Å²) in [5.74, 6) is -0.785. The minimum Gasteiger partial charge on any atom is -0.449 e. The standard InChI is InChI=1S/C19H24N2O4/c1-12(18(23)20-15-5-3-2-4-6-15)25-19(24)14-7-9-16-13(11-14)8-10-17(22)21-16/h7,9,11-12,15H,2-6,8,10H2,1H3,(H,20,23)(H,21,22). The van der Waals surface area contributed by atoms with Crippen LogP contribution in [0.15, 0.2) is 18.2 Å². The van der Waals surface area contributed by atoms with Crippen molar-refractivity contribution in [2.45, 2.75) is 64.0 Å². The minimum absolute atomic E-state index is 0.0177. The maximum atomic E-state index is 12.3. The summed E-state index contributed by atoms with van der Waals surface area (Å²) >= 11 is 0. The Kier molecular flexibility index (Phi) is 5.36. The predicted octanol–water partition coefficient (Wildman–Crippen LogP) is 2.57. The Balaban J connectivity index is 1.57. The second-order valence-corrected chi connectivity index (χ2v) is 6.81. The quantitative estimate of drug-likeness (QED) is 0.822. The van der Waals surface area contributed by atoms with Crippen molar-refractivity contribution >= 4 is 23.5 Å². The number of carbonyl (C=O) groups excluding carboxylic acids is 3. The van der Waals surface area contributed by atoms with E-state index in [0.29, 0.717) is 18.4 Å². The molecule has 1 aromatic rings. The van der Waals surface area contributed by atoms with Gasteiger partial charge in [-0.05, 0) is 49.9 Å². The molecule has 1 atom stereocenters. The first-order chi connectivity index (χ1) is 12.0. The number of rotatable bonds is 4. The molecule has 1 aromatic carbocycles. The first kappa shape index (κ1) is 17.5. The summed E-state index contributed by atoms with van der Waals surface area (Å²) in [6, 6.07) is 5.23. The normalized spacial score (nSPS) is 18.7. The maximum Gasteiger partial charge on any atom is 0.338 e. The molecule has 0 radical (unpaired) electrons. The van der Waals surface area contributed by atoms with Gasteiger partial charge in [0.05, 0.1) is 5.56 Å². The Morgan fingerprint density at radius 1 is 1.20 bits per heavy atom. The third-order valence-electron chi connectivity index (χ3n) is 4.84. The van der Waals surface area contributed by atoms with E-state index in [9.17, 15) is 14.4 Å². The van der Waals surface area contributed by atoms with Crippen LogP contribution in [0.1, 0.15) is 61.4 Å². The van der Waals surface area contributed by atoms with Gasteiger partial charge in [-0.25, -0.2) is 4.79 Å². The van der Waals surface area contributed by atoms with Crippen molar-refractivity contribution in [2.24, 2.45) is 0 Å². The second kappa shape index (κ2) is 7.68. The summed E-state index contributed by atoms with van der Waals surface area (Å²) < 4.78 is 5.31. The number of benzene rings is 1. The van der Waals surface area contributed by atoms with E-state index in [-0.39, 0.29) is 17.9 Å². The lowest BCUT2D eigenvalue weighted by molar-refractivity contribution is -0.130. The average Bonchev–Trinajstić information content (AvgIpc) is 2.62. The first-order valence-corrected chi connectivity index (χ1v) is 8.97. The molecule has 6 heteroatoms. The number of amides is 2. The topological polar surface area (TPSA) is 84.5 Å². The van der Waals surface area contributed by atoms with Gasteiger partial charge in [-0.1, -0.05) is 19.3 Å². The van der Waals surface area contributed by atoms with Crippen LogP contribution in [0.3, 0.4) is 0 Å². The number of esters is 1. The van der Waals surface area contributed by atoms with Gasteiger partial charge in [0.15, 0.2) is 6.10 Å². The van der Waals surface area contributed by atoms with Gasteiger partial charge in [0.2, 0.25) is 5.91 Å². The van der Waals surface area contributed by atoms with Crippen LogP contribution in [-0.2, 0) is 20.7 Å². The third kappa shape index (κ3) is 4.38. The molecular weight excluding hydrogens is 320 g/mol. The van der Waals surface area contributed by atoms with E-state index in [4.69, 9.17) is 4.74 Å². The molecule has 3 rings (SSSR count). The van der Waals surface area contributed by atoms with Gasteiger partial charge in [-0.15, -0.1) is 0 Å². The highest BCUT2D eigenvalue weighted by atomic mass is 16.5. The number of hydrogen-bond acceptors (Lipinski definition) is 4. The summed E-state index contributed by atoms with van der Waals surface area (Å²) in [6.45, 7) is 1.59. The van der Waals surface area contributed by atoms with Gasteiger partial charge in [0.25, 0.3) is 5.91 Å². The molecule has 25 heavy (non-hydrogen) atoms. The predicted molar refractivity (Wildman–Crippen MR) is 93.3 cm³/mol. The molecule has 0 saturated heterocycles. The monoisotopic (exact) mass is 344 g/mol. The van der Waals surface area contributed by atoms with E-state index in [1.54, 1.807) is 25.1 Å². The minimum atomic E-state index is -0.829. The molecule has 1 unspecified atom stereocenters. The van der Waals surface area contributed by atoms with E-state index < -0.39 is 12.1 Å². The average molecular weight is 344 g/mol. The van der Waals surface area contributed by atoms with Gasteiger partial charge in [-0.2, -0.15) is 0 Å². The molecule has 0 aromatic heterocycles. The Bertz CT molecular complexity index is 680. The van der Waals surface area contributed by atoms with Gasteiger partial charge in [0, 0.05) is 18.2 Å². The number of anilines is 1. The highest BCUT2D eigenvalue weighted by Crippen LogP contribution is 2.24. The molecule has 134 valence electrons. The summed E-state index contributed by atoms with van der Waals surface area (Å²) in [6.07, 6.45) is 5.63. The van der Waals surface area contributed by atoms with E-state index in [1.165, 1.54) is 6.42 Å². The fourth-order valence-electron chi connectivity index (χ4n) is 3.36. The zero-order valence-electron chi connectivity index (χ0n) is 14.5. The number of aryl methyl sites for hydroxylation is 1. The van der Waals surface area contributed by atoms with Crippen molar-refractivity contribution in [3.63, 3.8) is 0 Å². The van der Waals surface area contributed by atoms with Gasteiger partial charge >= 0.3 is 5.97 Å². The second-order valence-electron chi connectivity index (χ2n) is 6.81. The molecule has 0 bridgehead atoms. The molecule has 1 aliphatic carbocycles. The van der Waals surface area contributed by atoms with Crippen molar-refractivity contribution in [3.8, 4) is 0 Å². The number of nitrogens with one attached hydrogen (secondary N) is 2. The lowest BCUT2D eigenvalue weighted by Crippen LogP contribution is -2.42. The van der Waals surface area contributed by atoms with Crippen LogP contribution < -0.4 is 10.6 Å². The van der Waals surface area contributed by atoms with E-state index in [2.05, 4.69) is 10.6 Å². The number of ether oxygens (including phenoxy) is 1. The molecule has 1 heterocycles. The fraction of sp³-hybridized carbons (Fsp3) is 0.526. The molecule has 2 aliphatic rings. The summed E-state index contributed by atoms with van der Waals surface area (Å²) in [5, 5.41) is 5.74. The first-order valence-electron chi connectivity index (χ1n) is 8.97. The molecule has 2 N–H and O–H groups in total. The Hall–Kier alpha value is -2.37. The van der Waals surface area contributed by atoms with E-state index >= 15 is 0 Å². The third-order valence-corrected chi connectivity index (χ3v) is 4.84. The summed E-state index contributed by atoms with van der Waals surface area (Å²) in [7, 11) is 0. The summed E-state index contributed by atoms with van der Waals surface area (Å²) in [5.41, 5.74) is 2.04. The van der Waals surface area contributed by atoms with E-state index in [0.717, 1.165) is 36.9 Å². The molecule has 0 spiro atoms. The Labute approximate surface area is 147 Å². The van der Waals surface area contributed by atoms with E-state index in [1.807, 2.05) is 0 Å². The largest absolute Gasteiger partial charge is 0.449 e. The van der Waals surface area contributed by atoms with Crippen LogP contribution in [0.25, 0.3) is 0 Å². The van der Waals surface area contributed by atoms with Crippen molar-refractivity contribution in [1.82, 2.24) is 5.32 Å². The molecule has 1 saturated carbocycles. The van der Waals surface area contributed by atoms with Crippen LogP contribution in [0.4, 0.5) is 5.69 Å². The van der Waals surface area contributed by atoms with Crippen molar-refractivity contribution in [2.75, 3.05) is 5.32 Å². The highest BCUT2D eigenvalue weighted by molar-refractivity contribution is 5.96. The molecular formula is C19H24N2O4. The molecule has 2 amide bonds. The maximum absolute atomic E-state index is 12.3. The number of carbonyl (C=O) groups is 3. The van der Waals surface area contributed by atoms with Gasteiger partial charge in [0.1, 0.15) is 0 Å². The van der Waals surface area contributed by atoms with Crippen LogP contribution in [-0.4, -0.2) is 29.9 Å². The van der Waals surface area contributed by atoms with Crippen LogP contribution in [0.2, 0.25) is 0 Å². The number of hydrogen-bond donors (Lipinski definition) is 2. The van der Waals surface area contributed by atoms with Crippen molar-refractivity contribution in [1.29, 1.82) is 0 Å². The van der Waals surface area contributed by atoms with Crippen LogP contribution in [0.5, 0.6) is 0 Å². The Morgan fingerprint density at radius 2 is 1.96 bits per heavy atom. The molecule has 1 fully saturated rings. The molecule has 6 nitrogen and oxygen atoms in total. The fourth-order valence-corrected chi connectivity index (χ4v) is 3.36.